The highest BCUT2D eigenvalue weighted by molar-refractivity contribution is 7.28. The molecule has 0 aliphatic rings. The fraction of sp³-hybridized carbons (Fsp3) is 0. The summed E-state index contributed by atoms with van der Waals surface area (Å²) in [7, 11) is 0. The average molecular weight is 375 g/mol. The molecule has 25 heavy (non-hydrogen) atoms. The van der Waals surface area contributed by atoms with Gasteiger partial charge in [0.25, 0.3) is 0 Å². The van der Waals surface area contributed by atoms with E-state index >= 15 is 0 Å². The van der Waals surface area contributed by atoms with Crippen molar-refractivity contribution in [1.29, 1.82) is 0 Å². The van der Waals surface area contributed by atoms with Gasteiger partial charge in [-0.3, -0.25) is 0 Å². The molecule has 0 bridgehead atoms. The first-order valence-corrected chi connectivity index (χ1v) is 10.2. The van der Waals surface area contributed by atoms with Gasteiger partial charge in [0.05, 0.1) is 0 Å². The molecule has 3 heteroatoms. The van der Waals surface area contributed by atoms with E-state index in [2.05, 4.69) is 54.6 Å². The van der Waals surface area contributed by atoms with Gasteiger partial charge in [0, 0.05) is 45.4 Å². The molecule has 2 aromatic heterocycles. The molecule has 2 heterocycles. The Labute approximate surface area is 156 Å². The Morgan fingerprint density at radius 3 is 2.28 bits per heavy atom. The molecule has 0 aliphatic carbocycles. The van der Waals surface area contributed by atoms with E-state index in [0.29, 0.717) is 0 Å². The van der Waals surface area contributed by atoms with Gasteiger partial charge in [-0.15, -0.1) is 22.7 Å². The maximum Gasteiger partial charge on any atom is 0.0499 e. The molecule has 4 aromatic carbocycles. The molecule has 0 saturated carbocycles. The minimum absolute atomic E-state index is 0.844. The third-order valence-corrected chi connectivity index (χ3v) is 7.57. The van der Waals surface area contributed by atoms with Gasteiger partial charge in [0.1, 0.15) is 0 Å². The molecule has 0 fully saturated rings. The van der Waals surface area contributed by atoms with Crippen LogP contribution < -0.4 is 0 Å². The predicted octanol–water partition coefficient (Wildman–Crippen LogP) is 8.23. The van der Waals surface area contributed by atoms with Crippen LogP contribution in [0.5, 0.6) is 0 Å². The molecule has 6 aromatic rings. The monoisotopic (exact) mass is 374 g/mol. The quantitative estimate of drug-likeness (QED) is 0.251. The van der Waals surface area contributed by atoms with Crippen LogP contribution in [0.25, 0.3) is 51.1 Å². The normalized spacial score (nSPS) is 12.2. The smallest absolute Gasteiger partial charge is 0.0499 e. The Bertz CT molecular complexity index is 1450. The number of benzene rings is 4. The Balaban J connectivity index is 1.96. The lowest BCUT2D eigenvalue weighted by atomic mass is 10.0. The zero-order chi connectivity index (χ0) is 16.5. The summed E-state index contributed by atoms with van der Waals surface area (Å²) in [5, 5.41) is 8.67. The number of halogens is 1. The van der Waals surface area contributed by atoms with Crippen LogP contribution in [0, 0.1) is 0 Å². The summed E-state index contributed by atoms with van der Waals surface area (Å²) >= 11 is 10.3. The van der Waals surface area contributed by atoms with E-state index in [9.17, 15) is 0 Å². The SMILES string of the molecule is Clc1cccc2sc3ccc4sc5c6ccccc6ccc5c4c3c12. The third kappa shape index (κ3) is 1.82. The number of rotatable bonds is 0. The lowest BCUT2D eigenvalue weighted by molar-refractivity contribution is 1.82. The van der Waals surface area contributed by atoms with E-state index in [1.165, 1.54) is 51.1 Å². The average Bonchev–Trinajstić information content (AvgIpc) is 3.20. The fourth-order valence-corrected chi connectivity index (χ4v) is 6.57. The van der Waals surface area contributed by atoms with E-state index in [-0.39, 0.29) is 0 Å². The van der Waals surface area contributed by atoms with Crippen LogP contribution in [0.1, 0.15) is 0 Å². The molecule has 0 amide bonds. The van der Waals surface area contributed by atoms with Crippen molar-refractivity contribution in [3.8, 4) is 0 Å². The van der Waals surface area contributed by atoms with Gasteiger partial charge in [-0.2, -0.15) is 0 Å². The second-order valence-electron chi connectivity index (χ2n) is 6.29. The zero-order valence-corrected chi connectivity index (χ0v) is 15.4. The molecule has 0 unspecified atom stereocenters. The summed E-state index contributed by atoms with van der Waals surface area (Å²) in [6.45, 7) is 0. The molecule has 0 spiro atoms. The minimum atomic E-state index is 0.844. The molecule has 6 rings (SSSR count). The summed E-state index contributed by atoms with van der Waals surface area (Å²) in [5.41, 5.74) is 0. The van der Waals surface area contributed by atoms with Gasteiger partial charge in [-0.1, -0.05) is 54.1 Å². The Morgan fingerprint density at radius 2 is 1.36 bits per heavy atom. The molecule has 118 valence electrons. The van der Waals surface area contributed by atoms with Crippen molar-refractivity contribution >= 4 is 85.4 Å². The van der Waals surface area contributed by atoms with Crippen LogP contribution in [-0.2, 0) is 0 Å². The van der Waals surface area contributed by atoms with Crippen molar-refractivity contribution in [3.05, 3.63) is 71.8 Å². The number of hydrogen-bond acceptors (Lipinski definition) is 2. The van der Waals surface area contributed by atoms with Crippen LogP contribution in [0.3, 0.4) is 0 Å². The van der Waals surface area contributed by atoms with Crippen LogP contribution >= 0.6 is 34.3 Å². The lowest BCUT2D eigenvalue weighted by Gasteiger charge is -2.00. The maximum absolute atomic E-state index is 6.60. The van der Waals surface area contributed by atoms with Crippen molar-refractivity contribution in [2.45, 2.75) is 0 Å². The molecule has 0 atom stereocenters. The van der Waals surface area contributed by atoms with Gasteiger partial charge in [-0.05, 0) is 35.0 Å². The maximum atomic E-state index is 6.60. The Kier molecular flexibility index (Phi) is 2.79. The van der Waals surface area contributed by atoms with E-state index in [4.69, 9.17) is 11.6 Å². The highest BCUT2D eigenvalue weighted by atomic mass is 35.5. The van der Waals surface area contributed by atoms with E-state index in [1.807, 2.05) is 34.8 Å². The largest absolute Gasteiger partial charge is 0.135 e. The molecule has 0 aliphatic heterocycles. The van der Waals surface area contributed by atoms with E-state index in [1.54, 1.807) is 0 Å². The Hall–Kier alpha value is -2.13. The first-order chi connectivity index (χ1) is 12.3. The fourth-order valence-electron chi connectivity index (χ4n) is 3.86. The van der Waals surface area contributed by atoms with Gasteiger partial charge in [0.2, 0.25) is 0 Å². The van der Waals surface area contributed by atoms with Gasteiger partial charge >= 0.3 is 0 Å². The third-order valence-electron chi connectivity index (χ3n) is 4.94. The van der Waals surface area contributed by atoms with Crippen molar-refractivity contribution < 1.29 is 0 Å². The van der Waals surface area contributed by atoms with Crippen molar-refractivity contribution in [2.75, 3.05) is 0 Å². The van der Waals surface area contributed by atoms with Crippen molar-refractivity contribution in [3.63, 3.8) is 0 Å². The first-order valence-electron chi connectivity index (χ1n) is 8.15. The lowest BCUT2D eigenvalue weighted by Crippen LogP contribution is -1.74. The summed E-state index contributed by atoms with van der Waals surface area (Å²) in [4.78, 5) is 0. The standard InChI is InChI=1S/C22H11ClS2/c23-15-6-3-7-16-20(15)21-18(24-16)11-10-17-19(21)14-9-8-12-4-1-2-5-13(12)22(14)25-17/h1-11H. The molecule has 0 saturated heterocycles. The van der Waals surface area contributed by atoms with E-state index < -0.39 is 0 Å². The number of fused-ring (bicyclic) bond motifs is 9. The predicted molar refractivity (Wildman–Crippen MR) is 115 cm³/mol. The summed E-state index contributed by atoms with van der Waals surface area (Å²) in [6, 6.07) is 23.9. The summed E-state index contributed by atoms with van der Waals surface area (Å²) in [5.74, 6) is 0. The molecular weight excluding hydrogens is 364 g/mol. The van der Waals surface area contributed by atoms with Crippen LogP contribution in [0.4, 0.5) is 0 Å². The zero-order valence-electron chi connectivity index (χ0n) is 13.0. The van der Waals surface area contributed by atoms with Crippen LogP contribution in [-0.4, -0.2) is 0 Å². The topological polar surface area (TPSA) is 0 Å². The second-order valence-corrected chi connectivity index (χ2v) is 8.84. The molecule has 0 radical (unpaired) electrons. The second kappa shape index (κ2) is 4.95. The van der Waals surface area contributed by atoms with E-state index in [0.717, 1.165) is 5.02 Å². The highest BCUT2D eigenvalue weighted by Crippen LogP contribution is 2.47. The summed E-state index contributed by atoms with van der Waals surface area (Å²) in [6.07, 6.45) is 0. The number of thiophene rings is 2. The van der Waals surface area contributed by atoms with Gasteiger partial charge in [-0.25, -0.2) is 0 Å². The van der Waals surface area contributed by atoms with Crippen molar-refractivity contribution in [2.24, 2.45) is 0 Å². The van der Waals surface area contributed by atoms with Crippen LogP contribution in [0.15, 0.2) is 66.7 Å². The molecular formula is C22H11ClS2. The van der Waals surface area contributed by atoms with Crippen molar-refractivity contribution in [1.82, 2.24) is 0 Å². The van der Waals surface area contributed by atoms with Crippen LogP contribution in [0.2, 0.25) is 5.02 Å². The summed E-state index contributed by atoms with van der Waals surface area (Å²) < 4.78 is 5.27. The molecule has 0 nitrogen and oxygen atoms in total. The van der Waals surface area contributed by atoms with Gasteiger partial charge in [0.15, 0.2) is 0 Å². The minimum Gasteiger partial charge on any atom is -0.135 e. The van der Waals surface area contributed by atoms with Gasteiger partial charge < -0.3 is 0 Å². The Morgan fingerprint density at radius 1 is 0.560 bits per heavy atom. The molecule has 0 N–H and O–H groups in total. The number of hydrogen-bond donors (Lipinski definition) is 0. The first kappa shape index (κ1) is 14.1. The highest BCUT2D eigenvalue weighted by Gasteiger charge is 2.16.